The van der Waals surface area contributed by atoms with Crippen LogP contribution in [-0.4, -0.2) is 52.7 Å². The van der Waals surface area contributed by atoms with E-state index in [-0.39, 0.29) is 29.7 Å². The van der Waals surface area contributed by atoms with Gasteiger partial charge in [0.05, 0.1) is 24.3 Å². The molecule has 2 atom stereocenters. The molecule has 3 aliphatic rings. The summed E-state index contributed by atoms with van der Waals surface area (Å²) >= 11 is 0. The first-order valence-electron chi connectivity index (χ1n) is 10.5. The zero-order chi connectivity index (χ0) is 21.5. The van der Waals surface area contributed by atoms with E-state index in [0.717, 1.165) is 30.6 Å². The average molecular weight is 421 g/mol. The molecule has 2 fully saturated rings. The molecule has 0 aromatic heterocycles. The number of ether oxygens (including phenoxy) is 2. The number of rotatable bonds is 4. The van der Waals surface area contributed by atoms with Crippen molar-refractivity contribution in [3.05, 3.63) is 64.7 Å². The number of benzene rings is 2. The number of ketones is 1. The summed E-state index contributed by atoms with van der Waals surface area (Å²) in [5, 5.41) is 20.9. The topological polar surface area (TPSA) is 96.3 Å². The van der Waals surface area contributed by atoms with Crippen molar-refractivity contribution in [2.24, 2.45) is 0 Å². The van der Waals surface area contributed by atoms with Gasteiger partial charge >= 0.3 is 0 Å². The first-order valence-corrected chi connectivity index (χ1v) is 10.5. The predicted octanol–water partition coefficient (Wildman–Crippen LogP) is 2.93. The third-order valence-corrected chi connectivity index (χ3v) is 6.14. The van der Waals surface area contributed by atoms with Crippen LogP contribution in [0.2, 0.25) is 0 Å². The van der Waals surface area contributed by atoms with E-state index >= 15 is 0 Å². The second-order valence-corrected chi connectivity index (χ2v) is 8.10. The van der Waals surface area contributed by atoms with Crippen molar-refractivity contribution < 1.29 is 29.3 Å². The fraction of sp³-hybridized carbons (Fsp3) is 0.333. The highest BCUT2D eigenvalue weighted by Gasteiger charge is 2.47. The van der Waals surface area contributed by atoms with Gasteiger partial charge in [0.1, 0.15) is 17.3 Å². The molecule has 2 aromatic carbocycles. The van der Waals surface area contributed by atoms with E-state index in [1.165, 1.54) is 17.0 Å². The van der Waals surface area contributed by atoms with Crippen LogP contribution in [0.15, 0.2) is 48.0 Å². The number of hydrogen-bond acceptors (Lipinski definition) is 6. The van der Waals surface area contributed by atoms with Gasteiger partial charge in [-0.3, -0.25) is 9.59 Å². The summed E-state index contributed by atoms with van der Waals surface area (Å²) < 4.78 is 11.2. The Hall–Kier alpha value is -3.32. The number of amides is 1. The van der Waals surface area contributed by atoms with Gasteiger partial charge < -0.3 is 24.6 Å². The summed E-state index contributed by atoms with van der Waals surface area (Å²) in [5.74, 6) is -0.727. The van der Waals surface area contributed by atoms with Crippen molar-refractivity contribution in [3.8, 4) is 11.5 Å². The van der Waals surface area contributed by atoms with Crippen molar-refractivity contribution in [3.63, 3.8) is 0 Å². The maximum Gasteiger partial charge on any atom is 0.295 e. The van der Waals surface area contributed by atoms with Crippen molar-refractivity contribution >= 4 is 17.4 Å². The molecule has 3 heterocycles. The molecule has 7 nitrogen and oxygen atoms in total. The van der Waals surface area contributed by atoms with Gasteiger partial charge in [0, 0.05) is 25.1 Å². The summed E-state index contributed by atoms with van der Waals surface area (Å²) in [6.07, 6.45) is 2.31. The first kappa shape index (κ1) is 19.6. The van der Waals surface area contributed by atoms with Gasteiger partial charge in [-0.1, -0.05) is 12.1 Å². The van der Waals surface area contributed by atoms with Gasteiger partial charge in [-0.25, -0.2) is 0 Å². The molecule has 0 bridgehead atoms. The van der Waals surface area contributed by atoms with Crippen LogP contribution >= 0.6 is 0 Å². The van der Waals surface area contributed by atoms with Gasteiger partial charge in [0.25, 0.3) is 11.7 Å². The third kappa shape index (κ3) is 3.45. The summed E-state index contributed by atoms with van der Waals surface area (Å²) in [6.45, 7) is 1.49. The van der Waals surface area contributed by atoms with Crippen molar-refractivity contribution in [2.45, 2.75) is 31.4 Å². The Kier molecular flexibility index (Phi) is 4.90. The number of aromatic hydroxyl groups is 1. The number of phenols is 1. The number of fused-ring (bicyclic) bond motifs is 1. The Balaban J connectivity index is 1.60. The first-order chi connectivity index (χ1) is 15.0. The maximum absolute atomic E-state index is 13.1. The van der Waals surface area contributed by atoms with Gasteiger partial charge in [0.2, 0.25) is 0 Å². The number of Topliss-reactive ketones (excluding diaryl/α,β-unsaturated/α-hetero) is 1. The lowest BCUT2D eigenvalue weighted by molar-refractivity contribution is -0.140. The maximum atomic E-state index is 13.1. The minimum absolute atomic E-state index is 0.0487. The standard InChI is InChI=1S/C24H23NO6/c26-17-6-3-14(4-7-17)21-20(22(27)16-5-8-19-15(12-16)9-11-31-19)23(28)24(29)25(21)13-18-2-1-10-30-18/h3-8,12,18,21,26-27H,1-2,9-11,13H2/b22-20-. The van der Waals surface area contributed by atoms with Crippen LogP contribution in [0.25, 0.3) is 5.76 Å². The van der Waals surface area contributed by atoms with E-state index < -0.39 is 17.7 Å². The van der Waals surface area contributed by atoms with E-state index in [1.54, 1.807) is 30.3 Å². The number of carbonyl (C=O) groups is 2. The Morgan fingerprint density at radius 2 is 1.90 bits per heavy atom. The second kappa shape index (κ2) is 7.74. The molecule has 0 spiro atoms. The van der Waals surface area contributed by atoms with E-state index in [1.807, 2.05) is 0 Å². The largest absolute Gasteiger partial charge is 0.508 e. The lowest BCUT2D eigenvalue weighted by Gasteiger charge is -2.27. The molecule has 1 amide bonds. The molecule has 5 rings (SSSR count). The molecule has 31 heavy (non-hydrogen) atoms. The molecule has 3 aliphatic heterocycles. The third-order valence-electron chi connectivity index (χ3n) is 6.14. The predicted molar refractivity (Wildman–Crippen MR) is 112 cm³/mol. The number of likely N-dealkylation sites (tertiary alicyclic amines) is 1. The molecule has 2 saturated heterocycles. The summed E-state index contributed by atoms with van der Waals surface area (Å²) in [5.41, 5.74) is 2.12. The number of aliphatic hydroxyl groups excluding tert-OH is 1. The number of nitrogens with zero attached hydrogens (tertiary/aromatic N) is 1. The van der Waals surface area contributed by atoms with Gasteiger partial charge in [-0.2, -0.15) is 0 Å². The minimum atomic E-state index is -0.755. The Morgan fingerprint density at radius 3 is 2.65 bits per heavy atom. The summed E-state index contributed by atoms with van der Waals surface area (Å²) in [4.78, 5) is 27.5. The van der Waals surface area contributed by atoms with E-state index in [9.17, 15) is 19.8 Å². The summed E-state index contributed by atoms with van der Waals surface area (Å²) in [7, 11) is 0. The Labute approximate surface area is 179 Å². The molecule has 0 radical (unpaired) electrons. The van der Waals surface area contributed by atoms with Gasteiger partial charge in [-0.15, -0.1) is 0 Å². The van der Waals surface area contributed by atoms with Crippen LogP contribution in [0, 0.1) is 0 Å². The van der Waals surface area contributed by atoms with Crippen LogP contribution in [0.1, 0.15) is 35.6 Å². The van der Waals surface area contributed by atoms with Crippen LogP contribution in [0.4, 0.5) is 0 Å². The number of phenolic OH excluding ortho intramolecular Hbond substituents is 1. The number of hydrogen-bond donors (Lipinski definition) is 2. The minimum Gasteiger partial charge on any atom is -0.508 e. The molecule has 2 N–H and O–H groups in total. The zero-order valence-corrected chi connectivity index (χ0v) is 16.9. The van der Waals surface area contributed by atoms with Crippen molar-refractivity contribution in [1.29, 1.82) is 0 Å². The lowest BCUT2D eigenvalue weighted by Crippen LogP contribution is -2.36. The molecule has 0 saturated carbocycles. The fourth-order valence-corrected chi connectivity index (χ4v) is 4.57. The van der Waals surface area contributed by atoms with Gasteiger partial charge in [0.15, 0.2) is 0 Å². The average Bonchev–Trinajstić information content (AvgIpc) is 3.51. The van der Waals surface area contributed by atoms with Gasteiger partial charge in [-0.05, 0) is 54.3 Å². The van der Waals surface area contributed by atoms with Crippen LogP contribution in [-0.2, 0) is 20.7 Å². The molecule has 2 aromatic rings. The number of carbonyl (C=O) groups excluding carboxylic acids is 2. The Morgan fingerprint density at radius 1 is 1.10 bits per heavy atom. The SMILES string of the molecule is O=C1C(=O)N(CC2CCCO2)C(c2ccc(O)cc2)/C1=C(/O)c1ccc2c(c1)CCO2. The highest BCUT2D eigenvalue weighted by molar-refractivity contribution is 6.46. The summed E-state index contributed by atoms with van der Waals surface area (Å²) in [6, 6.07) is 10.9. The van der Waals surface area contributed by atoms with Crippen molar-refractivity contribution in [1.82, 2.24) is 4.90 Å². The molecule has 7 heteroatoms. The van der Waals surface area contributed by atoms with E-state index in [2.05, 4.69) is 0 Å². The highest BCUT2D eigenvalue weighted by Crippen LogP contribution is 2.41. The Bertz CT molecular complexity index is 1070. The van der Waals surface area contributed by atoms with Crippen LogP contribution in [0.5, 0.6) is 11.5 Å². The molecule has 0 aliphatic carbocycles. The molecule has 160 valence electrons. The van der Waals surface area contributed by atoms with Crippen LogP contribution in [0.3, 0.4) is 0 Å². The number of aliphatic hydroxyl groups is 1. The normalized spacial score (nSPS) is 24.5. The second-order valence-electron chi connectivity index (χ2n) is 8.10. The quantitative estimate of drug-likeness (QED) is 0.448. The lowest BCUT2D eigenvalue weighted by atomic mass is 9.94. The highest BCUT2D eigenvalue weighted by atomic mass is 16.5. The monoisotopic (exact) mass is 421 g/mol. The van der Waals surface area contributed by atoms with E-state index in [0.29, 0.717) is 24.3 Å². The smallest absolute Gasteiger partial charge is 0.295 e. The molecular formula is C24H23NO6. The fourth-order valence-electron chi connectivity index (χ4n) is 4.57. The van der Waals surface area contributed by atoms with E-state index in [4.69, 9.17) is 9.47 Å². The molecule has 2 unspecified atom stereocenters. The van der Waals surface area contributed by atoms with Crippen LogP contribution < -0.4 is 4.74 Å². The molecular weight excluding hydrogens is 398 g/mol. The zero-order valence-electron chi connectivity index (χ0n) is 16.9. The van der Waals surface area contributed by atoms with Crippen molar-refractivity contribution in [2.75, 3.05) is 19.8 Å².